The maximum atomic E-state index is 2.51. The Labute approximate surface area is 121 Å². The molecular weight excluding hydrogens is 182 g/mol. The van der Waals surface area contributed by atoms with Crippen LogP contribution in [0.2, 0.25) is 9.18 Å². The van der Waals surface area contributed by atoms with E-state index in [4.69, 9.17) is 0 Å². The molecule has 1 saturated carbocycles. The van der Waals surface area contributed by atoms with Gasteiger partial charge < -0.3 is 0 Å². The molecule has 1 aliphatic carbocycles. The van der Waals surface area contributed by atoms with Gasteiger partial charge in [-0.15, -0.1) is 0 Å². The zero-order valence-corrected chi connectivity index (χ0v) is 12.0. The van der Waals surface area contributed by atoms with Gasteiger partial charge in [0.1, 0.15) is 0 Å². The molecule has 0 amide bonds. The molecule has 0 heterocycles. The van der Waals surface area contributed by atoms with Gasteiger partial charge in [-0.3, -0.25) is 0 Å². The van der Waals surface area contributed by atoms with Crippen molar-refractivity contribution in [3.8, 4) is 0 Å². The Morgan fingerprint density at radius 1 is 1.06 bits per heavy atom. The van der Waals surface area contributed by atoms with Crippen molar-refractivity contribution >= 4 is 35.4 Å². The molecule has 0 saturated heterocycles. The Kier molecular flexibility index (Phi) is 7.93. The molecule has 1 aliphatic rings. The number of hydrogen-bond acceptors (Lipinski definition) is 0. The van der Waals surface area contributed by atoms with Crippen molar-refractivity contribution in [1.29, 1.82) is 0 Å². The number of rotatable bonds is 6. The van der Waals surface area contributed by atoms with E-state index in [2.05, 4.69) is 49.3 Å². The normalized spacial score (nSPS) is 30.1. The molecule has 4 unspecified atom stereocenters. The second kappa shape index (κ2) is 8.32. The molecule has 4 atom stereocenters. The molecule has 0 aromatic rings. The predicted octanol–water partition coefficient (Wildman–Crippen LogP) is 4.31. The minimum absolute atomic E-state index is 0.936. The topological polar surface area (TPSA) is 0 Å². The van der Waals surface area contributed by atoms with Crippen LogP contribution in [0.15, 0.2) is 0 Å². The van der Waals surface area contributed by atoms with Crippen molar-refractivity contribution in [2.75, 3.05) is 0 Å². The van der Waals surface area contributed by atoms with Gasteiger partial charge in [-0.25, -0.2) is 0 Å². The fourth-order valence-electron chi connectivity index (χ4n) is 3.46. The van der Waals surface area contributed by atoms with E-state index < -0.39 is 0 Å². The minimum atomic E-state index is 0.936. The van der Waals surface area contributed by atoms with Crippen molar-refractivity contribution in [2.45, 2.75) is 74.4 Å². The third kappa shape index (κ3) is 4.82. The van der Waals surface area contributed by atoms with E-state index in [1.807, 2.05) is 0 Å². The van der Waals surface area contributed by atoms with Gasteiger partial charge in [0.05, 0.1) is 0 Å². The Morgan fingerprint density at radius 3 is 2.38 bits per heavy atom. The van der Waals surface area contributed by atoms with Crippen LogP contribution >= 0.6 is 0 Å². The first kappa shape index (κ1) is 15.3. The molecule has 84 valence electrons. The molecule has 0 bridgehead atoms. The van der Waals surface area contributed by atoms with E-state index in [1.165, 1.54) is 51.4 Å². The van der Waals surface area contributed by atoms with Crippen molar-refractivity contribution in [3.05, 3.63) is 0 Å². The van der Waals surface area contributed by atoms with Gasteiger partial charge in [0, 0.05) is 0 Å². The van der Waals surface area contributed by atoms with Gasteiger partial charge in [-0.1, -0.05) is 0 Å². The van der Waals surface area contributed by atoms with Crippen molar-refractivity contribution in [1.82, 2.24) is 0 Å². The molecule has 0 nitrogen and oxygen atoms in total. The van der Waals surface area contributed by atoms with Crippen LogP contribution in [-0.2, 0) is 0 Å². The molecule has 0 spiro atoms. The molecule has 0 radical (unpaired) electrons. The van der Waals surface area contributed by atoms with Gasteiger partial charge in [0.15, 0.2) is 0 Å². The third-order valence-corrected chi connectivity index (χ3v) is 5.03. The second-order valence-corrected chi connectivity index (χ2v) is 6.18. The van der Waals surface area contributed by atoms with E-state index in [1.54, 1.807) is 0 Å². The quantitative estimate of drug-likeness (QED) is 0.570. The first-order chi connectivity index (χ1) is 7.69. The summed E-state index contributed by atoms with van der Waals surface area (Å²) in [7, 11) is 0. The van der Waals surface area contributed by atoms with Gasteiger partial charge in [-0.05, 0) is 0 Å². The average Bonchev–Trinajstić information content (AvgIpc) is 2.35. The van der Waals surface area contributed by atoms with E-state index in [-0.39, 0.29) is 0 Å². The zero-order chi connectivity index (χ0) is 12.0. The Morgan fingerprint density at radius 2 is 1.75 bits per heavy atom. The molecule has 0 aliphatic heterocycles. The van der Waals surface area contributed by atoms with Crippen molar-refractivity contribution in [3.63, 3.8) is 0 Å². The second-order valence-electron chi connectivity index (χ2n) is 6.18. The summed E-state index contributed by atoms with van der Waals surface area (Å²) in [6.07, 6.45) is 11.7. The predicted molar refractivity (Wildman–Crippen MR) is 74.3 cm³/mol. The molecule has 0 N–H and O–H groups in total. The van der Waals surface area contributed by atoms with Gasteiger partial charge in [0.25, 0.3) is 0 Å². The van der Waals surface area contributed by atoms with Crippen molar-refractivity contribution in [2.24, 2.45) is 11.8 Å². The fourth-order valence-corrected chi connectivity index (χ4v) is 3.46. The molecule has 1 fully saturated rings. The molecule has 16 heavy (non-hydrogen) atoms. The van der Waals surface area contributed by atoms with Gasteiger partial charge in [0.2, 0.25) is 0 Å². The Hall–Kier alpha value is 1.19. The third-order valence-electron chi connectivity index (χ3n) is 5.03. The first-order valence-electron chi connectivity index (χ1n) is 7.69. The van der Waals surface area contributed by atoms with E-state index in [9.17, 15) is 0 Å². The Balaban J connectivity index is 2.35. The van der Waals surface area contributed by atoms with E-state index >= 15 is 0 Å². The van der Waals surface area contributed by atoms with Crippen LogP contribution < -0.4 is 0 Å². The zero-order valence-electron chi connectivity index (χ0n) is 12.0. The van der Waals surface area contributed by atoms with Gasteiger partial charge >= 0.3 is 122 Å². The standard InChI is InChI=1S/C14H26.2Li/c1-3-5-6-7-11-14-12-9-8-10-13(14)4-2;;/h5,11,13-14H,3-4,6-10,12H2,1-2H3;;. The Bertz CT molecular complexity index is 182. The molecular formula is C14H26Li2. The van der Waals surface area contributed by atoms with Gasteiger partial charge in [-0.2, -0.15) is 0 Å². The summed E-state index contributed by atoms with van der Waals surface area (Å²) in [5.41, 5.74) is 0. The van der Waals surface area contributed by atoms with Crippen LogP contribution in [0.1, 0.15) is 65.2 Å². The summed E-state index contributed by atoms with van der Waals surface area (Å²) >= 11 is 4.92. The molecule has 0 aromatic heterocycles. The van der Waals surface area contributed by atoms with E-state index in [0.717, 1.165) is 21.0 Å². The van der Waals surface area contributed by atoms with E-state index in [0.29, 0.717) is 0 Å². The van der Waals surface area contributed by atoms with Crippen LogP contribution in [0.5, 0.6) is 0 Å². The maximum absolute atomic E-state index is 2.51. The van der Waals surface area contributed by atoms with Crippen molar-refractivity contribution < 1.29 is 0 Å². The SMILES string of the molecule is [Li][CH](CC)CC[CH]([Li])C1CCCCC1CC. The molecule has 2 heteroatoms. The first-order valence-corrected chi connectivity index (χ1v) is 7.69. The summed E-state index contributed by atoms with van der Waals surface area (Å²) in [4.78, 5) is 0. The van der Waals surface area contributed by atoms with Crippen LogP contribution in [0, 0.1) is 11.8 Å². The summed E-state index contributed by atoms with van der Waals surface area (Å²) in [6.45, 7) is 4.72. The summed E-state index contributed by atoms with van der Waals surface area (Å²) in [5, 5.41) is 0. The fraction of sp³-hybridized carbons (Fsp3) is 1.00. The van der Waals surface area contributed by atoms with Crippen LogP contribution in [0.4, 0.5) is 0 Å². The van der Waals surface area contributed by atoms with Crippen LogP contribution in [0.3, 0.4) is 0 Å². The summed E-state index contributed by atoms with van der Waals surface area (Å²) < 4.78 is 1.91. The van der Waals surface area contributed by atoms with Crippen LogP contribution in [0.25, 0.3) is 0 Å². The average molecular weight is 208 g/mol. The van der Waals surface area contributed by atoms with Crippen LogP contribution in [-0.4, -0.2) is 35.4 Å². The summed E-state index contributed by atoms with van der Waals surface area (Å²) in [6, 6.07) is 0. The summed E-state index contributed by atoms with van der Waals surface area (Å²) in [5.74, 6) is 2.09. The monoisotopic (exact) mass is 208 g/mol. The number of hydrogen-bond donors (Lipinski definition) is 0. The molecule has 0 aromatic carbocycles. The molecule has 1 rings (SSSR count).